The maximum atomic E-state index is 13.3. The van der Waals surface area contributed by atoms with Crippen LogP contribution < -0.4 is 9.47 Å². The van der Waals surface area contributed by atoms with Gasteiger partial charge in [-0.2, -0.15) is 0 Å². The number of thioether (sulfide) groups is 1. The Morgan fingerprint density at radius 2 is 1.76 bits per heavy atom. The van der Waals surface area contributed by atoms with Crippen molar-refractivity contribution in [3.05, 3.63) is 77.4 Å². The van der Waals surface area contributed by atoms with E-state index in [1.807, 2.05) is 56.3 Å². The Morgan fingerprint density at radius 1 is 0.971 bits per heavy atom. The van der Waals surface area contributed by atoms with E-state index in [4.69, 9.17) is 9.47 Å². The molecule has 0 saturated heterocycles. The molecule has 2 aromatic heterocycles. The van der Waals surface area contributed by atoms with E-state index in [1.54, 1.807) is 0 Å². The first-order valence-electron chi connectivity index (χ1n) is 11.4. The van der Waals surface area contributed by atoms with Crippen molar-refractivity contribution in [1.29, 1.82) is 0 Å². The number of rotatable bonds is 7. The molecule has 0 radical (unpaired) electrons. The second kappa shape index (κ2) is 8.36. The Kier molecular flexibility index (Phi) is 5.17. The van der Waals surface area contributed by atoms with Gasteiger partial charge < -0.3 is 14.0 Å². The van der Waals surface area contributed by atoms with Crippen LogP contribution in [0.4, 0.5) is 0 Å². The molecule has 0 atom stereocenters. The fourth-order valence-electron chi connectivity index (χ4n) is 4.47. The lowest BCUT2D eigenvalue weighted by Crippen LogP contribution is -2.07. The van der Waals surface area contributed by atoms with Crippen LogP contribution in [0.5, 0.6) is 11.5 Å². The summed E-state index contributed by atoms with van der Waals surface area (Å²) in [5.41, 5.74) is 4.60. The number of nitrogens with zero attached hydrogens (tertiary/aromatic N) is 4. The fraction of sp³-hybridized carbons (Fsp3) is 0.269. The first-order valence-corrected chi connectivity index (χ1v) is 12.3. The molecule has 0 amide bonds. The van der Waals surface area contributed by atoms with Gasteiger partial charge in [-0.15, -0.1) is 10.2 Å². The van der Waals surface area contributed by atoms with Gasteiger partial charge in [0.05, 0.1) is 5.75 Å². The summed E-state index contributed by atoms with van der Waals surface area (Å²) in [5.74, 6) is 3.27. The number of carbonyl (C=O) groups is 1. The third-order valence-corrected chi connectivity index (χ3v) is 7.22. The maximum Gasteiger partial charge on any atom is 0.231 e. The molecule has 8 heteroatoms. The number of Topliss-reactive ketones (excluding diaryl/α,β-unsaturated/α-hetero) is 1. The van der Waals surface area contributed by atoms with Crippen molar-refractivity contribution < 1.29 is 14.3 Å². The molecule has 34 heavy (non-hydrogen) atoms. The van der Waals surface area contributed by atoms with Crippen molar-refractivity contribution in [3.63, 3.8) is 0 Å². The number of hydrogen-bond acceptors (Lipinski definition) is 6. The summed E-state index contributed by atoms with van der Waals surface area (Å²) < 4.78 is 15.1. The van der Waals surface area contributed by atoms with Gasteiger partial charge in [-0.1, -0.05) is 30.0 Å². The number of aryl methyl sites for hydroxylation is 1. The van der Waals surface area contributed by atoms with E-state index >= 15 is 0 Å². The molecule has 1 saturated carbocycles. The summed E-state index contributed by atoms with van der Waals surface area (Å²) in [6.07, 6.45) is 2.28. The molecular weight excluding hydrogens is 448 g/mol. The summed E-state index contributed by atoms with van der Waals surface area (Å²) in [6, 6.07) is 17.9. The molecule has 0 bridgehead atoms. The Bertz CT molecular complexity index is 1390. The highest BCUT2D eigenvalue weighted by molar-refractivity contribution is 7.99. The van der Waals surface area contributed by atoms with Crippen molar-refractivity contribution >= 4 is 17.5 Å². The van der Waals surface area contributed by atoms with Gasteiger partial charge in [0.15, 0.2) is 22.4 Å². The van der Waals surface area contributed by atoms with Crippen LogP contribution in [-0.4, -0.2) is 37.7 Å². The van der Waals surface area contributed by atoms with Crippen LogP contribution in [0.2, 0.25) is 0 Å². The molecule has 7 nitrogen and oxygen atoms in total. The van der Waals surface area contributed by atoms with E-state index < -0.39 is 0 Å². The summed E-state index contributed by atoms with van der Waals surface area (Å²) in [7, 11) is 0. The second-order valence-electron chi connectivity index (χ2n) is 8.66. The lowest BCUT2D eigenvalue weighted by Gasteiger charge is -2.11. The second-order valence-corrected chi connectivity index (χ2v) is 9.60. The molecule has 172 valence electrons. The van der Waals surface area contributed by atoms with Crippen molar-refractivity contribution in [3.8, 4) is 22.9 Å². The third-order valence-electron chi connectivity index (χ3n) is 6.29. The van der Waals surface area contributed by atoms with E-state index in [-0.39, 0.29) is 12.6 Å². The number of aromatic nitrogens is 4. The molecule has 0 spiro atoms. The number of para-hydroxylation sites is 1. The summed E-state index contributed by atoms with van der Waals surface area (Å²) in [6.45, 7) is 4.22. The number of benzene rings is 2. The average molecular weight is 473 g/mol. The zero-order valence-electron chi connectivity index (χ0n) is 19.0. The molecule has 6 rings (SSSR count). The van der Waals surface area contributed by atoms with E-state index in [2.05, 4.69) is 31.5 Å². The lowest BCUT2D eigenvalue weighted by atomic mass is 10.2. The van der Waals surface area contributed by atoms with Crippen LogP contribution in [-0.2, 0) is 0 Å². The summed E-state index contributed by atoms with van der Waals surface area (Å²) in [4.78, 5) is 13.3. The predicted octanol–water partition coefficient (Wildman–Crippen LogP) is 5.26. The first-order chi connectivity index (χ1) is 16.6. The zero-order chi connectivity index (χ0) is 23.2. The minimum absolute atomic E-state index is 0.0701. The van der Waals surface area contributed by atoms with E-state index in [1.165, 1.54) is 11.8 Å². The molecule has 2 aliphatic rings. The van der Waals surface area contributed by atoms with Crippen LogP contribution in [0.3, 0.4) is 0 Å². The Labute approximate surface area is 201 Å². The highest BCUT2D eigenvalue weighted by Crippen LogP contribution is 2.41. The van der Waals surface area contributed by atoms with Gasteiger partial charge in [-0.05, 0) is 57.0 Å². The fourth-order valence-corrected chi connectivity index (χ4v) is 5.32. The van der Waals surface area contributed by atoms with Gasteiger partial charge in [0.1, 0.15) is 5.82 Å². The SMILES string of the molecule is Cc1cc(C(=O)CSc2nnc(C3CC3)n2-c2ccccc2)c(C)n1-c1ccc2c(c1)OCO2. The van der Waals surface area contributed by atoms with E-state index in [0.29, 0.717) is 11.7 Å². The van der Waals surface area contributed by atoms with Crippen LogP contribution >= 0.6 is 11.8 Å². The van der Waals surface area contributed by atoms with E-state index in [0.717, 1.165) is 63.6 Å². The first kappa shape index (κ1) is 21.0. The molecule has 4 aromatic rings. The van der Waals surface area contributed by atoms with Crippen molar-refractivity contribution in [1.82, 2.24) is 19.3 Å². The Balaban J connectivity index is 1.26. The van der Waals surface area contributed by atoms with Gasteiger partial charge >= 0.3 is 0 Å². The van der Waals surface area contributed by atoms with Gasteiger partial charge in [0.2, 0.25) is 6.79 Å². The topological polar surface area (TPSA) is 71.2 Å². The minimum atomic E-state index is 0.0701. The zero-order valence-corrected chi connectivity index (χ0v) is 19.8. The highest BCUT2D eigenvalue weighted by Gasteiger charge is 2.31. The number of hydrogen-bond donors (Lipinski definition) is 0. The van der Waals surface area contributed by atoms with Gasteiger partial charge in [-0.25, -0.2) is 0 Å². The van der Waals surface area contributed by atoms with Gasteiger partial charge in [0, 0.05) is 40.3 Å². The molecule has 1 aliphatic heterocycles. The smallest absolute Gasteiger partial charge is 0.231 e. The Morgan fingerprint density at radius 3 is 2.56 bits per heavy atom. The van der Waals surface area contributed by atoms with Crippen LogP contribution in [0.15, 0.2) is 59.8 Å². The third kappa shape index (κ3) is 3.68. The normalized spacial score (nSPS) is 14.5. The molecule has 0 unspecified atom stereocenters. The van der Waals surface area contributed by atoms with Crippen LogP contribution in [0.1, 0.15) is 46.3 Å². The average Bonchev–Trinajstić information content (AvgIpc) is 3.31. The predicted molar refractivity (Wildman–Crippen MR) is 130 cm³/mol. The van der Waals surface area contributed by atoms with Crippen molar-refractivity contribution in [2.45, 2.75) is 37.8 Å². The van der Waals surface area contributed by atoms with Crippen molar-refractivity contribution in [2.24, 2.45) is 0 Å². The minimum Gasteiger partial charge on any atom is -0.454 e. The molecule has 1 fully saturated rings. The Hall–Kier alpha value is -3.52. The number of fused-ring (bicyclic) bond motifs is 1. The van der Waals surface area contributed by atoms with Crippen LogP contribution in [0.25, 0.3) is 11.4 Å². The summed E-state index contributed by atoms with van der Waals surface area (Å²) >= 11 is 1.44. The number of ether oxygens (including phenoxy) is 2. The maximum absolute atomic E-state index is 13.3. The standard InChI is InChI=1S/C26H24N4O3S/c1-16-12-21(17(2)29(16)20-10-11-23-24(13-20)33-15-32-23)22(31)14-34-26-28-27-25(18-8-9-18)30(26)19-6-4-3-5-7-19/h3-7,10-13,18H,8-9,14-15H2,1-2H3. The quantitative estimate of drug-likeness (QED) is 0.270. The molecular formula is C26H24N4O3S. The monoisotopic (exact) mass is 472 g/mol. The molecule has 2 aromatic carbocycles. The van der Waals surface area contributed by atoms with Gasteiger partial charge in [-0.3, -0.25) is 9.36 Å². The highest BCUT2D eigenvalue weighted by atomic mass is 32.2. The van der Waals surface area contributed by atoms with E-state index in [9.17, 15) is 4.79 Å². The van der Waals surface area contributed by atoms with Crippen LogP contribution in [0, 0.1) is 13.8 Å². The number of ketones is 1. The van der Waals surface area contributed by atoms with Crippen molar-refractivity contribution in [2.75, 3.05) is 12.5 Å². The summed E-state index contributed by atoms with van der Waals surface area (Å²) in [5, 5.41) is 9.66. The molecule has 3 heterocycles. The lowest BCUT2D eigenvalue weighted by molar-refractivity contribution is 0.102. The number of carbonyl (C=O) groups excluding carboxylic acids is 1. The molecule has 0 N–H and O–H groups in total. The van der Waals surface area contributed by atoms with Gasteiger partial charge in [0.25, 0.3) is 0 Å². The molecule has 1 aliphatic carbocycles. The largest absolute Gasteiger partial charge is 0.454 e.